The average molecular weight is 391 g/mol. The molecule has 7 nitrogen and oxygen atoms in total. The molecule has 0 amide bonds. The second-order valence-electron chi connectivity index (χ2n) is 6.30. The number of hydrogen-bond acceptors (Lipinski definition) is 6. The largest absolute Gasteiger partial charge is 0.494 e. The second kappa shape index (κ2) is 9.51. The number of rotatable bonds is 8. The minimum atomic E-state index is -0.415. The van der Waals surface area contributed by atoms with Crippen molar-refractivity contribution in [3.05, 3.63) is 70.3 Å². The normalized spacial score (nSPS) is 10.5. The van der Waals surface area contributed by atoms with Gasteiger partial charge in [0.15, 0.2) is 5.82 Å². The van der Waals surface area contributed by atoms with Gasteiger partial charge in [-0.1, -0.05) is 30.3 Å². The highest BCUT2D eigenvalue weighted by Crippen LogP contribution is 2.19. The Balaban J connectivity index is 1.70. The first kappa shape index (κ1) is 20.1. The molecule has 0 fully saturated rings. The number of carbonyl (C=O) groups excluding carboxylic acids is 1. The number of aryl methyl sites for hydroxylation is 1. The Labute approximate surface area is 168 Å². The lowest BCUT2D eigenvalue weighted by atomic mass is 10.1. The number of ether oxygens (including phenoxy) is 2. The van der Waals surface area contributed by atoms with Gasteiger partial charge in [-0.2, -0.15) is 5.26 Å². The minimum absolute atomic E-state index is 0.161. The van der Waals surface area contributed by atoms with E-state index in [1.165, 1.54) is 4.57 Å². The van der Waals surface area contributed by atoms with Crippen molar-refractivity contribution in [1.29, 1.82) is 5.26 Å². The fourth-order valence-electron chi connectivity index (χ4n) is 3.02. The monoisotopic (exact) mass is 391 g/mol. The van der Waals surface area contributed by atoms with Crippen LogP contribution in [0.1, 0.15) is 24.7 Å². The van der Waals surface area contributed by atoms with Crippen molar-refractivity contribution in [3.8, 4) is 11.8 Å². The fraction of sp³-hybridized carbons (Fsp3) is 0.273. The third-order valence-corrected chi connectivity index (χ3v) is 4.40. The van der Waals surface area contributed by atoms with Gasteiger partial charge in [0.2, 0.25) is 0 Å². The molecule has 0 saturated carbocycles. The summed E-state index contributed by atoms with van der Waals surface area (Å²) in [5.41, 5.74) is 1.11. The van der Waals surface area contributed by atoms with Gasteiger partial charge >= 0.3 is 5.97 Å². The van der Waals surface area contributed by atoms with Crippen molar-refractivity contribution < 1.29 is 14.3 Å². The van der Waals surface area contributed by atoms with E-state index in [4.69, 9.17) is 14.7 Å². The first-order chi connectivity index (χ1) is 14.1. The van der Waals surface area contributed by atoms with Gasteiger partial charge in [-0.15, -0.1) is 0 Å². The number of carbonyl (C=O) groups is 1. The average Bonchev–Trinajstić information content (AvgIpc) is 2.74. The number of nitriles is 1. The molecule has 2 aromatic carbocycles. The lowest BCUT2D eigenvalue weighted by molar-refractivity contribution is -0.145. The molecular formula is C22H21N3O4. The van der Waals surface area contributed by atoms with Gasteiger partial charge in [-0.3, -0.25) is 14.2 Å². The zero-order chi connectivity index (χ0) is 20.6. The van der Waals surface area contributed by atoms with Crippen LogP contribution in [0.4, 0.5) is 0 Å². The highest BCUT2D eigenvalue weighted by Gasteiger charge is 2.13. The summed E-state index contributed by atoms with van der Waals surface area (Å²) in [5, 5.41) is 9.46. The number of fused-ring (bicyclic) bond motifs is 1. The summed E-state index contributed by atoms with van der Waals surface area (Å²) in [6, 6.07) is 16.4. The number of nitrogens with zero attached hydrogens (tertiary/aromatic N) is 3. The summed E-state index contributed by atoms with van der Waals surface area (Å²) in [6.07, 6.45) is 0.644. The first-order valence-corrected chi connectivity index (χ1v) is 9.35. The standard InChI is InChI=1S/C22H21N3O4/c1-2-28-19-10-6-3-7-16(19)11-12-21(26)29-15-20-24-18-9-5-4-8-17(18)22(27)25(20)14-13-23/h3-10H,2,11-12,14-15H2,1H3. The molecule has 148 valence electrons. The van der Waals surface area contributed by atoms with Gasteiger partial charge < -0.3 is 9.47 Å². The Morgan fingerprint density at radius 2 is 1.93 bits per heavy atom. The highest BCUT2D eigenvalue weighted by molar-refractivity contribution is 5.77. The quantitative estimate of drug-likeness (QED) is 0.548. The summed E-state index contributed by atoms with van der Waals surface area (Å²) >= 11 is 0. The van der Waals surface area contributed by atoms with Crippen molar-refractivity contribution in [2.75, 3.05) is 6.61 Å². The molecule has 3 aromatic rings. The molecule has 0 aliphatic heterocycles. The Kier molecular flexibility index (Phi) is 6.59. The summed E-state index contributed by atoms with van der Waals surface area (Å²) in [4.78, 5) is 29.2. The van der Waals surface area contributed by atoms with Crippen LogP contribution in [-0.2, 0) is 29.1 Å². The van der Waals surface area contributed by atoms with Crippen LogP contribution in [0.15, 0.2) is 53.3 Å². The molecule has 0 aliphatic carbocycles. The molecule has 1 heterocycles. The molecule has 1 aromatic heterocycles. The number of esters is 1. The Morgan fingerprint density at radius 3 is 2.72 bits per heavy atom. The van der Waals surface area contributed by atoms with Crippen LogP contribution in [0.3, 0.4) is 0 Å². The third-order valence-electron chi connectivity index (χ3n) is 4.40. The van der Waals surface area contributed by atoms with Crippen molar-refractivity contribution in [2.24, 2.45) is 0 Å². The summed E-state index contributed by atoms with van der Waals surface area (Å²) in [7, 11) is 0. The fourth-order valence-corrected chi connectivity index (χ4v) is 3.02. The summed E-state index contributed by atoms with van der Waals surface area (Å²) in [5.74, 6) is 0.586. The van der Waals surface area contributed by atoms with Crippen LogP contribution in [0.25, 0.3) is 10.9 Å². The summed E-state index contributed by atoms with van der Waals surface area (Å²) < 4.78 is 12.1. The first-order valence-electron chi connectivity index (χ1n) is 9.35. The lowest BCUT2D eigenvalue weighted by Crippen LogP contribution is -2.26. The van der Waals surface area contributed by atoms with Crippen LogP contribution in [-0.4, -0.2) is 22.1 Å². The van der Waals surface area contributed by atoms with E-state index in [9.17, 15) is 9.59 Å². The van der Waals surface area contributed by atoms with Crippen molar-refractivity contribution >= 4 is 16.9 Å². The second-order valence-corrected chi connectivity index (χ2v) is 6.30. The van der Waals surface area contributed by atoms with E-state index >= 15 is 0 Å². The van der Waals surface area contributed by atoms with Gasteiger partial charge in [0.1, 0.15) is 18.9 Å². The van der Waals surface area contributed by atoms with Gasteiger partial charge in [0, 0.05) is 6.42 Å². The van der Waals surface area contributed by atoms with E-state index in [1.807, 2.05) is 37.3 Å². The Hall–Kier alpha value is -3.66. The molecule has 0 aliphatic rings. The third kappa shape index (κ3) is 4.79. The van der Waals surface area contributed by atoms with Gasteiger partial charge in [0.05, 0.1) is 23.6 Å². The maximum absolute atomic E-state index is 12.6. The van der Waals surface area contributed by atoms with Crippen molar-refractivity contribution in [2.45, 2.75) is 32.9 Å². The van der Waals surface area contributed by atoms with E-state index in [1.54, 1.807) is 24.3 Å². The zero-order valence-electron chi connectivity index (χ0n) is 16.1. The molecule has 0 saturated heterocycles. The topological polar surface area (TPSA) is 94.2 Å². The number of benzene rings is 2. The highest BCUT2D eigenvalue weighted by atomic mass is 16.5. The van der Waals surface area contributed by atoms with Crippen LogP contribution in [0.2, 0.25) is 0 Å². The van der Waals surface area contributed by atoms with E-state index in [0.29, 0.717) is 23.9 Å². The van der Waals surface area contributed by atoms with Crippen LogP contribution < -0.4 is 10.3 Å². The Morgan fingerprint density at radius 1 is 1.17 bits per heavy atom. The molecule has 0 spiro atoms. The molecule has 0 radical (unpaired) electrons. The van der Waals surface area contributed by atoms with Gasteiger partial charge in [-0.25, -0.2) is 4.98 Å². The van der Waals surface area contributed by atoms with E-state index in [-0.39, 0.29) is 31.0 Å². The number of hydrogen-bond donors (Lipinski definition) is 0. The van der Waals surface area contributed by atoms with Crippen molar-refractivity contribution in [1.82, 2.24) is 9.55 Å². The maximum atomic E-state index is 12.6. The molecule has 29 heavy (non-hydrogen) atoms. The molecule has 3 rings (SSSR count). The minimum Gasteiger partial charge on any atom is -0.494 e. The van der Waals surface area contributed by atoms with Crippen LogP contribution in [0.5, 0.6) is 5.75 Å². The smallest absolute Gasteiger partial charge is 0.306 e. The Bertz CT molecular complexity index is 1110. The molecule has 0 bridgehead atoms. The van der Waals surface area contributed by atoms with E-state index in [2.05, 4.69) is 4.98 Å². The maximum Gasteiger partial charge on any atom is 0.306 e. The predicted molar refractivity (Wildman–Crippen MR) is 107 cm³/mol. The van der Waals surface area contributed by atoms with E-state index in [0.717, 1.165) is 11.3 Å². The predicted octanol–water partition coefficient (Wildman–Crippen LogP) is 2.99. The van der Waals surface area contributed by atoms with Crippen LogP contribution >= 0.6 is 0 Å². The van der Waals surface area contributed by atoms with Crippen LogP contribution in [0, 0.1) is 11.3 Å². The van der Waals surface area contributed by atoms with Gasteiger partial charge in [0.25, 0.3) is 5.56 Å². The molecule has 7 heteroatoms. The molecule has 0 N–H and O–H groups in total. The molecule has 0 atom stereocenters. The SMILES string of the molecule is CCOc1ccccc1CCC(=O)OCc1nc2ccccc2c(=O)n1CC#N. The molecule has 0 unspecified atom stereocenters. The number of aromatic nitrogens is 2. The lowest BCUT2D eigenvalue weighted by Gasteiger charge is -2.12. The number of para-hydroxylation sites is 2. The van der Waals surface area contributed by atoms with Gasteiger partial charge in [-0.05, 0) is 37.1 Å². The van der Waals surface area contributed by atoms with Crippen molar-refractivity contribution in [3.63, 3.8) is 0 Å². The zero-order valence-corrected chi connectivity index (χ0v) is 16.1. The summed E-state index contributed by atoms with van der Waals surface area (Å²) in [6.45, 7) is 2.12. The molecular weight excluding hydrogens is 370 g/mol. The van der Waals surface area contributed by atoms with E-state index < -0.39 is 5.97 Å².